The molecule has 1 saturated heterocycles. The SMILES string of the molecule is CCN(CC)S(=O)(=O)N1CCN(C(=O)c2cc(-c3cccs3)nc3ccccc23)CC1. The van der Waals surface area contributed by atoms with Gasteiger partial charge < -0.3 is 4.90 Å². The van der Waals surface area contributed by atoms with E-state index in [1.54, 1.807) is 16.2 Å². The highest BCUT2D eigenvalue weighted by Crippen LogP contribution is 2.29. The minimum Gasteiger partial charge on any atom is -0.336 e. The van der Waals surface area contributed by atoms with Gasteiger partial charge in [-0.2, -0.15) is 17.0 Å². The van der Waals surface area contributed by atoms with Crippen LogP contribution in [0.1, 0.15) is 24.2 Å². The molecule has 0 radical (unpaired) electrons. The summed E-state index contributed by atoms with van der Waals surface area (Å²) in [5, 5.41) is 2.80. The van der Waals surface area contributed by atoms with Crippen LogP contribution in [0.5, 0.6) is 0 Å². The summed E-state index contributed by atoms with van der Waals surface area (Å²) in [6.45, 7) is 5.87. The lowest BCUT2D eigenvalue weighted by Crippen LogP contribution is -2.54. The maximum atomic E-state index is 13.5. The van der Waals surface area contributed by atoms with Crippen molar-refractivity contribution in [2.24, 2.45) is 0 Å². The van der Waals surface area contributed by atoms with Gasteiger partial charge in [-0.25, -0.2) is 4.98 Å². The predicted molar refractivity (Wildman–Crippen MR) is 124 cm³/mol. The number of carbonyl (C=O) groups excluding carboxylic acids is 1. The van der Waals surface area contributed by atoms with E-state index in [9.17, 15) is 13.2 Å². The van der Waals surface area contributed by atoms with E-state index in [1.165, 1.54) is 8.61 Å². The number of fused-ring (bicyclic) bond motifs is 1. The van der Waals surface area contributed by atoms with Crippen molar-refractivity contribution in [1.82, 2.24) is 18.5 Å². The van der Waals surface area contributed by atoms with Gasteiger partial charge in [0.25, 0.3) is 16.1 Å². The number of pyridine rings is 1. The maximum Gasteiger partial charge on any atom is 0.282 e. The van der Waals surface area contributed by atoms with E-state index in [0.717, 1.165) is 21.5 Å². The van der Waals surface area contributed by atoms with Gasteiger partial charge in [0, 0.05) is 44.7 Å². The van der Waals surface area contributed by atoms with Crippen molar-refractivity contribution in [2.75, 3.05) is 39.3 Å². The van der Waals surface area contributed by atoms with E-state index in [-0.39, 0.29) is 5.91 Å². The summed E-state index contributed by atoms with van der Waals surface area (Å²) in [7, 11) is -3.49. The maximum absolute atomic E-state index is 13.5. The first-order valence-electron chi connectivity index (χ1n) is 10.4. The minimum atomic E-state index is -3.49. The van der Waals surface area contributed by atoms with Gasteiger partial charge in [-0.3, -0.25) is 4.79 Å². The van der Waals surface area contributed by atoms with Crippen LogP contribution in [-0.2, 0) is 10.2 Å². The lowest BCUT2D eigenvalue weighted by molar-refractivity contribution is 0.0696. The number of carbonyl (C=O) groups is 1. The Kier molecular flexibility index (Phi) is 6.38. The molecule has 0 N–H and O–H groups in total. The summed E-state index contributed by atoms with van der Waals surface area (Å²) < 4.78 is 28.5. The molecule has 0 aliphatic carbocycles. The fraction of sp³-hybridized carbons (Fsp3) is 0.364. The van der Waals surface area contributed by atoms with Crippen LogP contribution in [0.15, 0.2) is 47.8 Å². The standard InChI is InChI=1S/C22H26N4O3S2/c1-3-25(4-2)31(28,29)26-13-11-24(12-14-26)22(27)18-16-20(21-10-7-15-30-21)23-19-9-6-5-8-17(18)19/h5-10,15-16H,3-4,11-14H2,1-2H3. The highest BCUT2D eigenvalue weighted by Gasteiger charge is 2.32. The Labute approximate surface area is 187 Å². The molecule has 31 heavy (non-hydrogen) atoms. The van der Waals surface area contributed by atoms with Crippen molar-refractivity contribution in [1.29, 1.82) is 0 Å². The van der Waals surface area contributed by atoms with Gasteiger partial charge in [-0.15, -0.1) is 11.3 Å². The monoisotopic (exact) mass is 458 g/mol. The molecule has 0 bridgehead atoms. The second-order valence-corrected chi connectivity index (χ2v) is 10.2. The van der Waals surface area contributed by atoms with Crippen molar-refractivity contribution < 1.29 is 13.2 Å². The van der Waals surface area contributed by atoms with Crippen molar-refractivity contribution in [3.63, 3.8) is 0 Å². The number of para-hydroxylation sites is 1. The molecule has 0 atom stereocenters. The smallest absolute Gasteiger partial charge is 0.282 e. The van der Waals surface area contributed by atoms with Crippen molar-refractivity contribution in [2.45, 2.75) is 13.8 Å². The Morgan fingerprint density at radius 1 is 1.06 bits per heavy atom. The van der Waals surface area contributed by atoms with Crippen LogP contribution in [0.4, 0.5) is 0 Å². The molecule has 3 aromatic rings. The predicted octanol–water partition coefficient (Wildman–Crippen LogP) is 3.31. The highest BCUT2D eigenvalue weighted by atomic mass is 32.2. The zero-order valence-corrected chi connectivity index (χ0v) is 19.3. The number of nitrogens with zero attached hydrogens (tertiary/aromatic N) is 4. The largest absolute Gasteiger partial charge is 0.336 e. The van der Waals surface area contributed by atoms with Crippen LogP contribution in [0, 0.1) is 0 Å². The number of amides is 1. The van der Waals surface area contributed by atoms with Gasteiger partial charge in [-0.05, 0) is 23.6 Å². The van der Waals surface area contributed by atoms with Crippen LogP contribution >= 0.6 is 11.3 Å². The summed E-state index contributed by atoms with van der Waals surface area (Å²) in [5.74, 6) is -0.0868. The third kappa shape index (κ3) is 4.23. The number of thiophene rings is 1. The van der Waals surface area contributed by atoms with E-state index >= 15 is 0 Å². The van der Waals surface area contributed by atoms with Gasteiger partial charge in [0.2, 0.25) is 0 Å². The summed E-state index contributed by atoms with van der Waals surface area (Å²) in [5.41, 5.74) is 2.16. The first kappa shape index (κ1) is 21.9. The molecule has 7 nitrogen and oxygen atoms in total. The molecular formula is C22H26N4O3S2. The number of rotatable bonds is 6. The minimum absolute atomic E-state index is 0.0868. The van der Waals surface area contributed by atoms with E-state index in [2.05, 4.69) is 0 Å². The molecule has 9 heteroatoms. The second-order valence-electron chi connectivity index (χ2n) is 7.33. The molecule has 1 aromatic carbocycles. The summed E-state index contributed by atoms with van der Waals surface area (Å²) in [6, 6.07) is 13.5. The number of piperazine rings is 1. The first-order valence-corrected chi connectivity index (χ1v) is 12.7. The summed E-state index contributed by atoms with van der Waals surface area (Å²) in [6.07, 6.45) is 0. The first-order chi connectivity index (χ1) is 15.0. The number of benzene rings is 1. The zero-order chi connectivity index (χ0) is 22.0. The van der Waals surface area contributed by atoms with Gasteiger partial charge in [0.15, 0.2) is 0 Å². The van der Waals surface area contributed by atoms with Gasteiger partial charge in [0.05, 0.1) is 21.7 Å². The fourth-order valence-corrected chi connectivity index (χ4v) is 6.20. The van der Waals surface area contributed by atoms with Crippen LogP contribution in [-0.4, -0.2) is 72.1 Å². The molecule has 0 saturated carbocycles. The van der Waals surface area contributed by atoms with Crippen molar-refractivity contribution in [3.8, 4) is 10.6 Å². The number of aromatic nitrogens is 1. The molecule has 1 fully saturated rings. The Hall–Kier alpha value is -2.33. The van der Waals surface area contributed by atoms with Crippen LogP contribution in [0.2, 0.25) is 0 Å². The molecule has 164 valence electrons. The Morgan fingerprint density at radius 2 is 1.77 bits per heavy atom. The molecule has 3 heterocycles. The van der Waals surface area contributed by atoms with E-state index < -0.39 is 10.2 Å². The Balaban J connectivity index is 1.60. The van der Waals surface area contributed by atoms with Crippen molar-refractivity contribution >= 4 is 38.4 Å². The quantitative estimate of drug-likeness (QED) is 0.568. The highest BCUT2D eigenvalue weighted by molar-refractivity contribution is 7.86. The third-order valence-electron chi connectivity index (χ3n) is 5.60. The summed E-state index contributed by atoms with van der Waals surface area (Å²) >= 11 is 1.59. The molecule has 4 rings (SSSR count). The molecular weight excluding hydrogens is 432 g/mol. The molecule has 1 amide bonds. The van der Waals surface area contributed by atoms with Gasteiger partial charge in [0.1, 0.15) is 0 Å². The van der Waals surface area contributed by atoms with E-state index in [1.807, 2.05) is 61.7 Å². The third-order valence-corrected chi connectivity index (χ3v) is 8.68. The van der Waals surface area contributed by atoms with Gasteiger partial charge in [-0.1, -0.05) is 38.1 Å². The number of hydrogen-bond donors (Lipinski definition) is 0. The summed E-state index contributed by atoms with van der Waals surface area (Å²) in [4.78, 5) is 20.9. The van der Waals surface area contributed by atoms with E-state index in [4.69, 9.17) is 4.98 Å². The van der Waals surface area contributed by atoms with Crippen LogP contribution < -0.4 is 0 Å². The lowest BCUT2D eigenvalue weighted by atomic mass is 10.1. The fourth-order valence-electron chi connectivity index (χ4n) is 3.91. The van der Waals surface area contributed by atoms with Crippen LogP contribution in [0.25, 0.3) is 21.5 Å². The number of hydrogen-bond acceptors (Lipinski definition) is 5. The lowest BCUT2D eigenvalue weighted by Gasteiger charge is -2.36. The molecule has 0 unspecified atom stereocenters. The van der Waals surface area contributed by atoms with Gasteiger partial charge >= 0.3 is 0 Å². The van der Waals surface area contributed by atoms with Crippen molar-refractivity contribution in [3.05, 3.63) is 53.4 Å². The molecule has 1 aliphatic rings. The normalized spacial score (nSPS) is 15.6. The Morgan fingerprint density at radius 3 is 2.42 bits per heavy atom. The topological polar surface area (TPSA) is 73.8 Å². The Bertz CT molecular complexity index is 1170. The zero-order valence-electron chi connectivity index (χ0n) is 17.7. The molecule has 1 aliphatic heterocycles. The molecule has 2 aromatic heterocycles. The molecule has 0 spiro atoms. The average Bonchev–Trinajstić information content (AvgIpc) is 3.34. The van der Waals surface area contributed by atoms with Crippen LogP contribution in [0.3, 0.4) is 0 Å². The average molecular weight is 459 g/mol. The second kappa shape index (κ2) is 9.04. The van der Waals surface area contributed by atoms with E-state index in [0.29, 0.717) is 44.8 Å².